The van der Waals surface area contributed by atoms with E-state index in [1.165, 1.54) is 12.1 Å². The molecule has 0 saturated carbocycles. The molecule has 0 saturated heterocycles. The monoisotopic (exact) mass is 334 g/mol. The van der Waals surface area contributed by atoms with Crippen LogP contribution in [0.15, 0.2) is 42.5 Å². The number of hydrogen-bond donors (Lipinski definition) is 3. The van der Waals surface area contributed by atoms with Crippen LogP contribution in [0.3, 0.4) is 0 Å². The van der Waals surface area contributed by atoms with Gasteiger partial charge in [0.2, 0.25) is 0 Å². The van der Waals surface area contributed by atoms with E-state index in [-0.39, 0.29) is 23.8 Å². The number of carbonyl (C=O) groups is 2. The van der Waals surface area contributed by atoms with Gasteiger partial charge in [0.25, 0.3) is 11.8 Å². The second kappa shape index (κ2) is 8.05. The minimum absolute atomic E-state index is 0.00256. The van der Waals surface area contributed by atoms with Crippen molar-refractivity contribution in [2.75, 3.05) is 13.1 Å². The standard InChI is InChI=1S/C17H16F2N2O3/c18-13-7-12(8-14(19)10-13)17(24)21-6-2-5-20-16(23)11-3-1-4-15(22)9-11/h1,3-4,7-10,22H,2,5-6H2,(H,20,23)(H,21,24). The minimum atomic E-state index is -0.821. The van der Waals surface area contributed by atoms with Gasteiger partial charge in [-0.1, -0.05) is 6.07 Å². The van der Waals surface area contributed by atoms with Gasteiger partial charge in [-0.2, -0.15) is 0 Å². The van der Waals surface area contributed by atoms with Crippen molar-refractivity contribution in [1.82, 2.24) is 10.6 Å². The first-order valence-electron chi connectivity index (χ1n) is 7.27. The molecule has 126 valence electrons. The van der Waals surface area contributed by atoms with Gasteiger partial charge in [-0.05, 0) is 36.8 Å². The second-order valence-electron chi connectivity index (χ2n) is 5.07. The van der Waals surface area contributed by atoms with Crippen molar-refractivity contribution in [1.29, 1.82) is 0 Å². The maximum atomic E-state index is 13.0. The summed E-state index contributed by atoms with van der Waals surface area (Å²) < 4.78 is 26.0. The van der Waals surface area contributed by atoms with Crippen molar-refractivity contribution in [3.05, 3.63) is 65.2 Å². The Balaban J connectivity index is 1.73. The number of nitrogens with one attached hydrogen (secondary N) is 2. The van der Waals surface area contributed by atoms with E-state index >= 15 is 0 Å². The Morgan fingerprint density at radius 3 is 2.04 bits per heavy atom. The van der Waals surface area contributed by atoms with E-state index in [9.17, 15) is 23.5 Å². The Morgan fingerprint density at radius 1 is 0.875 bits per heavy atom. The molecule has 3 N–H and O–H groups in total. The third kappa shape index (κ3) is 5.05. The molecule has 5 nitrogen and oxygen atoms in total. The van der Waals surface area contributed by atoms with Gasteiger partial charge in [0.15, 0.2) is 0 Å². The number of hydrogen-bond acceptors (Lipinski definition) is 3. The van der Waals surface area contributed by atoms with Gasteiger partial charge in [0.05, 0.1) is 0 Å². The summed E-state index contributed by atoms with van der Waals surface area (Å²) in [5, 5.41) is 14.4. The molecule has 2 rings (SSSR count). The Hall–Kier alpha value is -2.96. The van der Waals surface area contributed by atoms with Crippen LogP contribution in [0.25, 0.3) is 0 Å². The average Bonchev–Trinajstić information content (AvgIpc) is 2.53. The maximum Gasteiger partial charge on any atom is 0.251 e. The van der Waals surface area contributed by atoms with E-state index in [1.54, 1.807) is 12.1 Å². The SMILES string of the molecule is O=C(NCCCNC(=O)c1cc(F)cc(F)c1)c1cccc(O)c1. The lowest BCUT2D eigenvalue weighted by Crippen LogP contribution is -2.30. The highest BCUT2D eigenvalue weighted by atomic mass is 19.1. The van der Waals surface area contributed by atoms with E-state index in [0.717, 1.165) is 12.1 Å². The summed E-state index contributed by atoms with van der Waals surface area (Å²) in [6, 6.07) is 8.51. The first-order valence-corrected chi connectivity index (χ1v) is 7.27. The van der Waals surface area contributed by atoms with Gasteiger partial charge in [-0.25, -0.2) is 8.78 Å². The zero-order chi connectivity index (χ0) is 17.5. The summed E-state index contributed by atoms with van der Waals surface area (Å²) in [5.41, 5.74) is 0.227. The van der Waals surface area contributed by atoms with Crippen molar-refractivity contribution in [3.8, 4) is 5.75 Å². The van der Waals surface area contributed by atoms with E-state index < -0.39 is 17.5 Å². The Bertz CT molecular complexity index is 730. The predicted octanol–water partition coefficient (Wildman–Crippen LogP) is 2.22. The molecular formula is C17H16F2N2O3. The molecule has 24 heavy (non-hydrogen) atoms. The molecule has 0 spiro atoms. The molecule has 0 unspecified atom stereocenters. The van der Waals surface area contributed by atoms with Crippen LogP contribution >= 0.6 is 0 Å². The summed E-state index contributed by atoms with van der Waals surface area (Å²) in [6.45, 7) is 0.531. The highest BCUT2D eigenvalue weighted by Gasteiger charge is 2.09. The van der Waals surface area contributed by atoms with Crippen molar-refractivity contribution in [3.63, 3.8) is 0 Å². The Labute approximate surface area is 137 Å². The smallest absolute Gasteiger partial charge is 0.251 e. The van der Waals surface area contributed by atoms with Crippen LogP contribution in [0, 0.1) is 11.6 Å². The van der Waals surface area contributed by atoms with Crippen LogP contribution in [0.1, 0.15) is 27.1 Å². The molecule has 2 aromatic carbocycles. The summed E-state index contributed by atoms with van der Waals surface area (Å²) in [5.74, 6) is -2.58. The van der Waals surface area contributed by atoms with Gasteiger partial charge in [0, 0.05) is 30.3 Å². The number of phenolic OH excluding ortho intramolecular Hbond substituents is 1. The largest absolute Gasteiger partial charge is 0.508 e. The lowest BCUT2D eigenvalue weighted by atomic mass is 10.2. The highest BCUT2D eigenvalue weighted by Crippen LogP contribution is 2.10. The third-order valence-corrected chi connectivity index (χ3v) is 3.16. The van der Waals surface area contributed by atoms with Crippen molar-refractivity contribution >= 4 is 11.8 Å². The van der Waals surface area contributed by atoms with Gasteiger partial charge < -0.3 is 15.7 Å². The van der Waals surface area contributed by atoms with Crippen LogP contribution in [0.5, 0.6) is 5.75 Å². The topological polar surface area (TPSA) is 78.4 Å². The lowest BCUT2D eigenvalue weighted by molar-refractivity contribution is 0.0951. The summed E-state index contributed by atoms with van der Waals surface area (Å²) >= 11 is 0. The van der Waals surface area contributed by atoms with Gasteiger partial charge >= 0.3 is 0 Å². The number of benzene rings is 2. The molecule has 0 heterocycles. The van der Waals surface area contributed by atoms with Crippen molar-refractivity contribution in [2.24, 2.45) is 0 Å². The molecule has 0 aliphatic rings. The summed E-state index contributed by atoms with van der Waals surface area (Å²) in [4.78, 5) is 23.5. The Morgan fingerprint density at radius 2 is 1.46 bits per heavy atom. The molecule has 0 aromatic heterocycles. The minimum Gasteiger partial charge on any atom is -0.508 e. The van der Waals surface area contributed by atoms with Crippen LogP contribution in [-0.2, 0) is 0 Å². The highest BCUT2D eigenvalue weighted by molar-refractivity contribution is 5.95. The first kappa shape index (κ1) is 17.4. The molecule has 7 heteroatoms. The van der Waals surface area contributed by atoms with E-state index in [2.05, 4.69) is 10.6 Å². The van der Waals surface area contributed by atoms with Gasteiger partial charge in [-0.15, -0.1) is 0 Å². The molecular weight excluding hydrogens is 318 g/mol. The second-order valence-corrected chi connectivity index (χ2v) is 5.07. The Kier molecular flexibility index (Phi) is 5.83. The fraction of sp³-hybridized carbons (Fsp3) is 0.176. The van der Waals surface area contributed by atoms with Crippen LogP contribution in [0.2, 0.25) is 0 Å². The quantitative estimate of drug-likeness (QED) is 0.709. The molecule has 0 aliphatic heterocycles. The van der Waals surface area contributed by atoms with E-state index in [4.69, 9.17) is 0 Å². The van der Waals surface area contributed by atoms with Crippen LogP contribution in [0.4, 0.5) is 8.78 Å². The molecule has 2 amide bonds. The maximum absolute atomic E-state index is 13.0. The summed E-state index contributed by atoms with van der Waals surface area (Å²) in [6.07, 6.45) is 0.439. The number of aromatic hydroxyl groups is 1. The molecule has 0 radical (unpaired) electrons. The lowest BCUT2D eigenvalue weighted by Gasteiger charge is -2.07. The van der Waals surface area contributed by atoms with Crippen molar-refractivity contribution < 1.29 is 23.5 Å². The predicted molar refractivity (Wildman–Crippen MR) is 83.7 cm³/mol. The molecule has 0 atom stereocenters. The average molecular weight is 334 g/mol. The zero-order valence-corrected chi connectivity index (χ0v) is 12.7. The number of rotatable bonds is 6. The number of amides is 2. The van der Waals surface area contributed by atoms with Crippen LogP contribution in [-0.4, -0.2) is 30.0 Å². The molecule has 0 bridgehead atoms. The van der Waals surface area contributed by atoms with Crippen LogP contribution < -0.4 is 10.6 Å². The fourth-order valence-electron chi connectivity index (χ4n) is 2.03. The molecule has 2 aromatic rings. The third-order valence-electron chi connectivity index (χ3n) is 3.16. The van der Waals surface area contributed by atoms with Crippen molar-refractivity contribution in [2.45, 2.75) is 6.42 Å². The fourth-order valence-corrected chi connectivity index (χ4v) is 2.03. The number of phenols is 1. The summed E-state index contributed by atoms with van der Waals surface area (Å²) in [7, 11) is 0. The number of halogens is 2. The molecule has 0 fully saturated rings. The van der Waals surface area contributed by atoms with E-state index in [1.807, 2.05) is 0 Å². The zero-order valence-electron chi connectivity index (χ0n) is 12.7. The number of carbonyl (C=O) groups excluding carboxylic acids is 2. The van der Waals surface area contributed by atoms with E-state index in [0.29, 0.717) is 24.6 Å². The van der Waals surface area contributed by atoms with Gasteiger partial charge in [0.1, 0.15) is 17.4 Å². The molecule has 0 aliphatic carbocycles. The first-order chi connectivity index (χ1) is 11.5. The normalized spacial score (nSPS) is 10.2. The van der Waals surface area contributed by atoms with Gasteiger partial charge in [-0.3, -0.25) is 9.59 Å².